The summed E-state index contributed by atoms with van der Waals surface area (Å²) in [5.41, 5.74) is -1.59. The zero-order valence-corrected chi connectivity index (χ0v) is 20.0. The second-order valence-corrected chi connectivity index (χ2v) is 8.56. The summed E-state index contributed by atoms with van der Waals surface area (Å²) in [6.07, 6.45) is -2.34. The molecular weight excluding hydrogens is 506 g/mol. The highest BCUT2D eigenvalue weighted by Crippen LogP contribution is 2.35. The number of carbonyl (C=O) groups excluding carboxylic acids is 1. The van der Waals surface area contributed by atoms with Gasteiger partial charge in [-0.2, -0.15) is 13.2 Å². The molecule has 37 heavy (non-hydrogen) atoms. The Bertz CT molecular complexity index is 1170. The first-order valence-electron chi connectivity index (χ1n) is 11.0. The molecule has 3 heterocycles. The summed E-state index contributed by atoms with van der Waals surface area (Å²) in [6, 6.07) is -0.886. The van der Waals surface area contributed by atoms with Gasteiger partial charge in [0.25, 0.3) is 11.8 Å². The molecule has 3 rings (SSSR count). The second-order valence-electron chi connectivity index (χ2n) is 8.56. The van der Waals surface area contributed by atoms with Gasteiger partial charge in [0, 0.05) is 38.1 Å². The van der Waals surface area contributed by atoms with E-state index in [2.05, 4.69) is 30.6 Å². The van der Waals surface area contributed by atoms with Crippen molar-refractivity contribution < 1.29 is 31.1 Å². The predicted molar refractivity (Wildman–Crippen MR) is 121 cm³/mol. The first-order valence-corrected chi connectivity index (χ1v) is 11.0. The molecule has 0 bridgehead atoms. The van der Waals surface area contributed by atoms with Gasteiger partial charge in [0.05, 0.1) is 36.1 Å². The number of likely N-dealkylation sites (tertiary alicyclic amines) is 1. The van der Waals surface area contributed by atoms with Crippen LogP contribution in [0.4, 0.5) is 32.3 Å². The number of alkyl halides is 5. The SMILES string of the molecule is CN/C(C)=C(\C(=N)C(=O)N1CC(F)(F)CC(C)C1CNc1ncc(C(F)(F)F)cn1)c1ncc(F)cn1. The van der Waals surface area contributed by atoms with Gasteiger partial charge in [-0.3, -0.25) is 10.2 Å². The maximum absolute atomic E-state index is 14.5. The highest BCUT2D eigenvalue weighted by Gasteiger charge is 2.47. The van der Waals surface area contributed by atoms with Crippen LogP contribution in [0, 0.1) is 17.1 Å². The van der Waals surface area contributed by atoms with Gasteiger partial charge in [-0.25, -0.2) is 33.1 Å². The maximum Gasteiger partial charge on any atom is 0.419 e. The molecular formula is C22H24F6N8O. The molecule has 3 N–H and O–H groups in total. The summed E-state index contributed by atoms with van der Waals surface area (Å²) in [5.74, 6) is -6.15. The molecule has 2 atom stereocenters. The average Bonchev–Trinajstić information content (AvgIpc) is 2.83. The van der Waals surface area contributed by atoms with Crippen molar-refractivity contribution in [3.8, 4) is 0 Å². The number of halogens is 6. The summed E-state index contributed by atoms with van der Waals surface area (Å²) >= 11 is 0. The van der Waals surface area contributed by atoms with Crippen LogP contribution in [0.15, 0.2) is 30.5 Å². The first-order chi connectivity index (χ1) is 17.2. The van der Waals surface area contributed by atoms with Crippen molar-refractivity contribution in [1.29, 1.82) is 5.41 Å². The fourth-order valence-corrected chi connectivity index (χ4v) is 3.92. The highest BCUT2D eigenvalue weighted by atomic mass is 19.4. The fraction of sp³-hybridized carbons (Fsp3) is 0.455. The number of rotatable bonds is 7. The Morgan fingerprint density at radius 3 is 2.30 bits per heavy atom. The van der Waals surface area contributed by atoms with Crippen molar-refractivity contribution in [1.82, 2.24) is 30.2 Å². The molecule has 1 amide bonds. The minimum atomic E-state index is -4.63. The smallest absolute Gasteiger partial charge is 0.391 e. The molecule has 1 aliphatic rings. The molecule has 0 spiro atoms. The number of piperidine rings is 1. The number of anilines is 1. The van der Waals surface area contributed by atoms with Crippen LogP contribution >= 0.6 is 0 Å². The van der Waals surface area contributed by atoms with E-state index in [0.717, 1.165) is 17.3 Å². The molecule has 0 aliphatic carbocycles. The van der Waals surface area contributed by atoms with E-state index in [1.165, 1.54) is 20.9 Å². The number of hydrogen-bond acceptors (Lipinski definition) is 8. The van der Waals surface area contributed by atoms with Crippen LogP contribution in [-0.2, 0) is 11.0 Å². The summed E-state index contributed by atoms with van der Waals surface area (Å²) in [7, 11) is 1.50. The third kappa shape index (κ3) is 6.51. The molecule has 1 aliphatic heterocycles. The van der Waals surface area contributed by atoms with Crippen molar-refractivity contribution in [3.05, 3.63) is 47.7 Å². The quantitative estimate of drug-likeness (QED) is 0.371. The zero-order valence-electron chi connectivity index (χ0n) is 20.0. The van der Waals surface area contributed by atoms with E-state index in [4.69, 9.17) is 5.41 Å². The number of hydrogen-bond donors (Lipinski definition) is 3. The predicted octanol–water partition coefficient (Wildman–Crippen LogP) is 3.38. The summed E-state index contributed by atoms with van der Waals surface area (Å²) in [4.78, 5) is 29.0. The number of allylic oxidation sites excluding steroid dienone is 1. The van der Waals surface area contributed by atoms with Gasteiger partial charge in [-0.15, -0.1) is 0 Å². The third-order valence-electron chi connectivity index (χ3n) is 5.85. The lowest BCUT2D eigenvalue weighted by Gasteiger charge is -2.43. The Morgan fingerprint density at radius 1 is 1.16 bits per heavy atom. The number of nitrogens with one attached hydrogen (secondary N) is 3. The maximum atomic E-state index is 14.5. The molecule has 9 nitrogen and oxygen atoms in total. The van der Waals surface area contributed by atoms with E-state index >= 15 is 0 Å². The first kappa shape index (κ1) is 27.8. The van der Waals surface area contributed by atoms with Gasteiger partial charge < -0.3 is 15.5 Å². The Hall–Kier alpha value is -3.78. The van der Waals surface area contributed by atoms with Crippen molar-refractivity contribution in [2.75, 3.05) is 25.5 Å². The molecule has 1 fully saturated rings. The van der Waals surface area contributed by atoms with Gasteiger partial charge in [0.2, 0.25) is 5.95 Å². The van der Waals surface area contributed by atoms with Crippen LogP contribution in [0.3, 0.4) is 0 Å². The molecule has 1 saturated heterocycles. The van der Waals surface area contributed by atoms with Crippen LogP contribution in [0.5, 0.6) is 0 Å². The topological polar surface area (TPSA) is 120 Å². The summed E-state index contributed by atoms with van der Waals surface area (Å²) < 4.78 is 80.6. The van der Waals surface area contributed by atoms with Gasteiger partial charge in [0.15, 0.2) is 11.6 Å². The van der Waals surface area contributed by atoms with Crippen LogP contribution in [0.25, 0.3) is 5.57 Å². The second kappa shape index (κ2) is 10.7. The van der Waals surface area contributed by atoms with Crippen LogP contribution < -0.4 is 10.6 Å². The van der Waals surface area contributed by atoms with Crippen molar-refractivity contribution >= 4 is 23.1 Å². The number of carbonyl (C=O) groups is 1. The van der Waals surface area contributed by atoms with Crippen LogP contribution in [0.2, 0.25) is 0 Å². The lowest BCUT2D eigenvalue weighted by Crippen LogP contribution is -2.59. The van der Waals surface area contributed by atoms with Gasteiger partial charge in [0.1, 0.15) is 5.71 Å². The molecule has 2 aromatic rings. The van der Waals surface area contributed by atoms with E-state index in [1.807, 2.05) is 0 Å². The zero-order chi connectivity index (χ0) is 27.5. The van der Waals surface area contributed by atoms with E-state index in [-0.39, 0.29) is 29.6 Å². The minimum Gasteiger partial charge on any atom is -0.391 e. The molecule has 2 unspecified atom stereocenters. The standard InChI is InChI=1S/C22H24F6N8O/c1-11-4-21(24,25)10-36(15(11)9-35-20-33-5-13(6-34-20)22(26,27)28)19(37)17(29)16(12(2)30-3)18-31-7-14(23)8-32-18/h5-8,11,15,29-30H,4,9-10H2,1-3H3,(H,33,34,35)/b16-12+,29-17?. The number of aromatic nitrogens is 4. The molecule has 0 aromatic carbocycles. The third-order valence-corrected chi connectivity index (χ3v) is 5.85. The Labute approximate surface area is 207 Å². The summed E-state index contributed by atoms with van der Waals surface area (Å²) in [5, 5.41) is 14.0. The Morgan fingerprint density at radius 2 is 1.76 bits per heavy atom. The van der Waals surface area contributed by atoms with Crippen molar-refractivity contribution in [3.63, 3.8) is 0 Å². The highest BCUT2D eigenvalue weighted by molar-refractivity contribution is 6.54. The van der Waals surface area contributed by atoms with E-state index in [0.29, 0.717) is 12.4 Å². The molecule has 0 radical (unpaired) electrons. The Balaban J connectivity index is 1.88. The largest absolute Gasteiger partial charge is 0.419 e. The fourth-order valence-electron chi connectivity index (χ4n) is 3.92. The van der Waals surface area contributed by atoms with E-state index in [1.54, 1.807) is 0 Å². The van der Waals surface area contributed by atoms with E-state index in [9.17, 15) is 31.1 Å². The lowest BCUT2D eigenvalue weighted by molar-refractivity contribution is -0.145. The normalized spacial score (nSPS) is 20.2. The molecule has 15 heteroatoms. The van der Waals surface area contributed by atoms with Crippen molar-refractivity contribution in [2.45, 2.75) is 38.4 Å². The van der Waals surface area contributed by atoms with Gasteiger partial charge in [-0.05, 0) is 12.8 Å². The average molecular weight is 530 g/mol. The van der Waals surface area contributed by atoms with Crippen LogP contribution in [-0.4, -0.2) is 68.6 Å². The Kier molecular flexibility index (Phi) is 8.03. The lowest BCUT2D eigenvalue weighted by atomic mass is 9.87. The van der Waals surface area contributed by atoms with Crippen molar-refractivity contribution in [2.24, 2.45) is 5.92 Å². The van der Waals surface area contributed by atoms with Crippen LogP contribution in [0.1, 0.15) is 31.7 Å². The minimum absolute atomic E-state index is 0.105. The number of nitrogens with zero attached hydrogens (tertiary/aromatic N) is 5. The van der Waals surface area contributed by atoms with E-state index < -0.39 is 60.0 Å². The molecule has 2 aromatic heterocycles. The molecule has 0 saturated carbocycles. The summed E-state index contributed by atoms with van der Waals surface area (Å²) in [6.45, 7) is 1.85. The monoisotopic (exact) mass is 530 g/mol. The number of amides is 1. The van der Waals surface area contributed by atoms with Gasteiger partial charge in [-0.1, -0.05) is 6.92 Å². The van der Waals surface area contributed by atoms with Gasteiger partial charge >= 0.3 is 6.18 Å². The molecule has 200 valence electrons.